The van der Waals surface area contributed by atoms with Crippen molar-refractivity contribution in [1.82, 2.24) is 0 Å². The second-order valence-corrected chi connectivity index (χ2v) is 9.43. The normalized spacial score (nSPS) is 10.9. The van der Waals surface area contributed by atoms with Gasteiger partial charge in [0.25, 0.3) is 0 Å². The Morgan fingerprint density at radius 2 is 1.50 bits per heavy atom. The number of alkyl halides is 1. The van der Waals surface area contributed by atoms with Gasteiger partial charge in [0, 0.05) is 16.3 Å². The van der Waals surface area contributed by atoms with Crippen LogP contribution in [0.25, 0.3) is 11.1 Å². The van der Waals surface area contributed by atoms with Gasteiger partial charge in [-0.05, 0) is 30.5 Å². The standard InChI is InChI=1S/C19H25BrOS3/c20-13-7-5-3-1-2-4-6-8-14-21-17-11-9-16(10-12-17)18-15-23-24-19(18)22/h9-12,15H,1-8,13-14H2. The molecular formula is C19H25BrOS3. The molecule has 0 amide bonds. The molecule has 1 heterocycles. The lowest BCUT2D eigenvalue weighted by Crippen LogP contribution is -1.97. The van der Waals surface area contributed by atoms with Crippen LogP contribution in [0.2, 0.25) is 0 Å². The minimum absolute atomic E-state index is 0.815. The predicted molar refractivity (Wildman–Crippen MR) is 115 cm³/mol. The number of hydrogen-bond donors (Lipinski definition) is 0. The minimum atomic E-state index is 0.815. The van der Waals surface area contributed by atoms with Crippen molar-refractivity contribution in [2.75, 3.05) is 11.9 Å². The van der Waals surface area contributed by atoms with Crippen LogP contribution in [0.5, 0.6) is 5.75 Å². The maximum atomic E-state index is 5.84. The quantitative estimate of drug-likeness (QED) is 0.141. The molecule has 0 saturated heterocycles. The zero-order valence-corrected chi connectivity index (χ0v) is 18.0. The highest BCUT2D eigenvalue weighted by Crippen LogP contribution is 2.29. The SMILES string of the molecule is S=c1sscc1-c1ccc(OCCCCCCCCCCBr)cc1. The van der Waals surface area contributed by atoms with Crippen molar-refractivity contribution >= 4 is 48.8 Å². The van der Waals surface area contributed by atoms with Gasteiger partial charge in [-0.15, -0.1) is 0 Å². The summed E-state index contributed by atoms with van der Waals surface area (Å²) in [6.45, 7) is 0.815. The first kappa shape index (κ1) is 20.1. The van der Waals surface area contributed by atoms with Gasteiger partial charge in [-0.1, -0.05) is 99.5 Å². The van der Waals surface area contributed by atoms with Crippen molar-refractivity contribution in [2.45, 2.75) is 51.4 Å². The minimum Gasteiger partial charge on any atom is -0.494 e. The van der Waals surface area contributed by atoms with E-state index in [0.29, 0.717) is 0 Å². The van der Waals surface area contributed by atoms with Crippen LogP contribution in [0.1, 0.15) is 51.4 Å². The van der Waals surface area contributed by atoms with Gasteiger partial charge in [0.15, 0.2) is 0 Å². The van der Waals surface area contributed by atoms with Crippen LogP contribution in [0.3, 0.4) is 0 Å². The van der Waals surface area contributed by atoms with Gasteiger partial charge in [-0.2, -0.15) is 0 Å². The largest absolute Gasteiger partial charge is 0.494 e. The number of rotatable bonds is 12. The lowest BCUT2D eigenvalue weighted by Gasteiger charge is -2.07. The topological polar surface area (TPSA) is 9.23 Å². The molecule has 0 aliphatic carbocycles. The Morgan fingerprint density at radius 1 is 0.875 bits per heavy atom. The second-order valence-electron chi connectivity index (χ2n) is 5.89. The van der Waals surface area contributed by atoms with E-state index in [2.05, 4.69) is 45.6 Å². The molecule has 2 aromatic rings. The van der Waals surface area contributed by atoms with Crippen LogP contribution in [0.4, 0.5) is 0 Å². The van der Waals surface area contributed by atoms with E-state index in [4.69, 9.17) is 17.0 Å². The van der Waals surface area contributed by atoms with Crippen molar-refractivity contribution < 1.29 is 4.74 Å². The molecule has 132 valence electrons. The molecule has 2 rings (SSSR count). The summed E-state index contributed by atoms with van der Waals surface area (Å²) in [5.41, 5.74) is 2.35. The predicted octanol–water partition coefficient (Wildman–Crippen LogP) is 8.10. The third-order valence-electron chi connectivity index (χ3n) is 3.97. The molecule has 1 aromatic heterocycles. The molecule has 0 radical (unpaired) electrons. The molecule has 1 aromatic carbocycles. The second kappa shape index (κ2) is 12.2. The lowest BCUT2D eigenvalue weighted by atomic mass is 10.1. The number of hydrogen-bond acceptors (Lipinski definition) is 4. The molecule has 0 fully saturated rings. The van der Waals surface area contributed by atoms with Crippen molar-refractivity contribution in [3.63, 3.8) is 0 Å². The van der Waals surface area contributed by atoms with E-state index in [0.717, 1.165) is 27.9 Å². The lowest BCUT2D eigenvalue weighted by molar-refractivity contribution is 0.304. The molecule has 0 bridgehead atoms. The highest BCUT2D eigenvalue weighted by atomic mass is 79.9. The van der Waals surface area contributed by atoms with Gasteiger partial charge in [0.2, 0.25) is 0 Å². The molecule has 0 aliphatic heterocycles. The van der Waals surface area contributed by atoms with E-state index in [1.807, 2.05) is 0 Å². The van der Waals surface area contributed by atoms with Crippen LogP contribution in [-0.4, -0.2) is 11.9 Å². The average molecular weight is 446 g/mol. The number of unbranched alkanes of at least 4 members (excludes halogenated alkanes) is 7. The highest BCUT2D eigenvalue weighted by Gasteiger charge is 2.02. The van der Waals surface area contributed by atoms with Gasteiger partial charge in [0.1, 0.15) is 9.57 Å². The summed E-state index contributed by atoms with van der Waals surface area (Å²) in [5.74, 6) is 0.957. The number of benzene rings is 1. The molecular weight excluding hydrogens is 420 g/mol. The van der Waals surface area contributed by atoms with Crippen LogP contribution in [-0.2, 0) is 0 Å². The van der Waals surface area contributed by atoms with Crippen molar-refractivity contribution in [3.8, 4) is 16.9 Å². The monoisotopic (exact) mass is 444 g/mol. The Morgan fingerprint density at radius 3 is 2.08 bits per heavy atom. The summed E-state index contributed by atoms with van der Waals surface area (Å²) >= 11 is 8.82. The maximum absolute atomic E-state index is 5.84. The first-order valence-electron chi connectivity index (χ1n) is 8.68. The third kappa shape index (κ3) is 7.34. The van der Waals surface area contributed by atoms with E-state index < -0.39 is 0 Å². The van der Waals surface area contributed by atoms with Crippen LogP contribution in [0.15, 0.2) is 29.6 Å². The fraction of sp³-hybridized carbons (Fsp3) is 0.526. The molecule has 0 saturated carbocycles. The van der Waals surface area contributed by atoms with E-state index in [1.54, 1.807) is 20.7 Å². The van der Waals surface area contributed by atoms with Gasteiger partial charge in [-0.25, -0.2) is 0 Å². The Labute approximate surface area is 166 Å². The third-order valence-corrected chi connectivity index (χ3v) is 7.20. The summed E-state index contributed by atoms with van der Waals surface area (Å²) in [4.78, 5) is 0. The van der Waals surface area contributed by atoms with Crippen molar-refractivity contribution in [1.29, 1.82) is 0 Å². The Bertz CT molecular complexity index is 618. The summed E-state index contributed by atoms with van der Waals surface area (Å²) in [6, 6.07) is 8.31. The summed E-state index contributed by atoms with van der Waals surface area (Å²) in [6.07, 6.45) is 10.5. The fourth-order valence-electron chi connectivity index (χ4n) is 2.57. The van der Waals surface area contributed by atoms with Gasteiger partial charge in [0.05, 0.1) is 6.61 Å². The molecule has 1 nitrogen and oxygen atoms in total. The summed E-state index contributed by atoms with van der Waals surface area (Å²) in [5, 5.41) is 3.27. The molecule has 0 aliphatic rings. The maximum Gasteiger partial charge on any atom is 0.119 e. The van der Waals surface area contributed by atoms with E-state index in [1.165, 1.54) is 56.1 Å². The van der Waals surface area contributed by atoms with Crippen molar-refractivity contribution in [2.24, 2.45) is 0 Å². The Balaban J connectivity index is 1.57. The smallest absolute Gasteiger partial charge is 0.119 e. The first-order valence-corrected chi connectivity index (χ1v) is 12.4. The summed E-state index contributed by atoms with van der Waals surface area (Å²) < 4.78 is 6.82. The van der Waals surface area contributed by atoms with E-state index >= 15 is 0 Å². The van der Waals surface area contributed by atoms with Gasteiger partial charge < -0.3 is 4.74 Å². The zero-order chi connectivity index (χ0) is 17.0. The molecule has 0 N–H and O–H groups in total. The van der Waals surface area contributed by atoms with E-state index in [-0.39, 0.29) is 0 Å². The molecule has 0 unspecified atom stereocenters. The average Bonchev–Trinajstić information content (AvgIpc) is 3.03. The van der Waals surface area contributed by atoms with Gasteiger partial charge >= 0.3 is 0 Å². The Hall–Kier alpha value is -0.230. The Kier molecular flexibility index (Phi) is 10.2. The van der Waals surface area contributed by atoms with Gasteiger partial charge in [-0.3, -0.25) is 0 Å². The van der Waals surface area contributed by atoms with E-state index in [9.17, 15) is 0 Å². The highest BCUT2D eigenvalue weighted by molar-refractivity contribution is 9.09. The first-order chi connectivity index (χ1) is 11.8. The zero-order valence-electron chi connectivity index (χ0n) is 14.0. The summed E-state index contributed by atoms with van der Waals surface area (Å²) in [7, 11) is 3.35. The molecule has 0 spiro atoms. The molecule has 5 heteroatoms. The number of halogens is 1. The van der Waals surface area contributed by atoms with Crippen LogP contribution < -0.4 is 4.74 Å². The molecule has 24 heavy (non-hydrogen) atoms. The molecule has 0 atom stereocenters. The fourth-order valence-corrected chi connectivity index (χ4v) is 5.37. The van der Waals surface area contributed by atoms with Crippen molar-refractivity contribution in [3.05, 3.63) is 33.5 Å². The van der Waals surface area contributed by atoms with Crippen LogP contribution >= 0.6 is 48.8 Å². The number of ether oxygens (including phenoxy) is 1. The van der Waals surface area contributed by atoms with Crippen LogP contribution in [0, 0.1) is 3.82 Å².